The van der Waals surface area contributed by atoms with Crippen molar-refractivity contribution in [1.82, 2.24) is 4.98 Å². The van der Waals surface area contributed by atoms with Crippen LogP contribution in [0.1, 0.15) is 37.7 Å². The third-order valence-corrected chi connectivity index (χ3v) is 4.83. The van der Waals surface area contributed by atoms with Gasteiger partial charge >= 0.3 is 0 Å². The normalized spacial score (nSPS) is 16.3. The van der Waals surface area contributed by atoms with Crippen LogP contribution >= 0.6 is 11.6 Å². The lowest BCUT2D eigenvalue weighted by molar-refractivity contribution is 0.361. The van der Waals surface area contributed by atoms with Crippen molar-refractivity contribution in [2.24, 2.45) is 5.92 Å². The Morgan fingerprint density at radius 1 is 1.19 bits per heavy atom. The van der Waals surface area contributed by atoms with E-state index in [1.54, 1.807) is 0 Å². The van der Waals surface area contributed by atoms with Gasteiger partial charge in [0, 0.05) is 24.5 Å². The fourth-order valence-corrected chi connectivity index (χ4v) is 3.62. The lowest BCUT2D eigenvalue weighted by atomic mass is 9.89. The van der Waals surface area contributed by atoms with Gasteiger partial charge in [-0.25, -0.2) is 4.98 Å². The van der Waals surface area contributed by atoms with Gasteiger partial charge in [0.25, 0.3) is 0 Å². The van der Waals surface area contributed by atoms with E-state index in [-0.39, 0.29) is 0 Å². The average molecular weight is 303 g/mol. The number of rotatable bonds is 4. The number of nitrogens with zero attached hydrogens (tertiary/aromatic N) is 2. The van der Waals surface area contributed by atoms with Crippen LogP contribution in [0.5, 0.6) is 0 Å². The van der Waals surface area contributed by atoms with Gasteiger partial charge < -0.3 is 4.90 Å². The summed E-state index contributed by atoms with van der Waals surface area (Å²) >= 11 is 6.15. The molecule has 0 radical (unpaired) electrons. The second-order valence-corrected chi connectivity index (χ2v) is 6.45. The molecule has 1 aromatic heterocycles. The first-order valence-electron chi connectivity index (χ1n) is 7.93. The van der Waals surface area contributed by atoms with Crippen LogP contribution in [0.15, 0.2) is 30.3 Å². The molecule has 1 aliphatic carbocycles. The number of aromatic nitrogens is 1. The largest absolute Gasteiger partial charge is 0.359 e. The van der Waals surface area contributed by atoms with Crippen LogP contribution in [-0.4, -0.2) is 18.6 Å². The van der Waals surface area contributed by atoms with Crippen molar-refractivity contribution in [3.63, 3.8) is 0 Å². The van der Waals surface area contributed by atoms with Gasteiger partial charge in [-0.15, -0.1) is 11.6 Å². The van der Waals surface area contributed by atoms with E-state index in [2.05, 4.69) is 30.1 Å². The third kappa shape index (κ3) is 3.32. The van der Waals surface area contributed by atoms with Crippen LogP contribution in [0, 0.1) is 5.92 Å². The Hall–Kier alpha value is -1.28. The number of halogens is 1. The predicted octanol–water partition coefficient (Wildman–Crippen LogP) is 4.99. The molecular formula is C18H23ClN2. The van der Waals surface area contributed by atoms with Gasteiger partial charge in [0.1, 0.15) is 5.82 Å². The average Bonchev–Trinajstić information content (AvgIpc) is 2.54. The molecule has 1 aromatic carbocycles. The highest BCUT2D eigenvalue weighted by atomic mass is 35.5. The lowest BCUT2D eigenvalue weighted by Crippen LogP contribution is -2.28. The second kappa shape index (κ2) is 6.65. The first kappa shape index (κ1) is 14.6. The Kier molecular flexibility index (Phi) is 4.64. The van der Waals surface area contributed by atoms with Gasteiger partial charge in [0.15, 0.2) is 0 Å². The maximum absolute atomic E-state index is 6.15. The molecule has 112 valence electrons. The summed E-state index contributed by atoms with van der Waals surface area (Å²) in [7, 11) is 2.15. The van der Waals surface area contributed by atoms with Gasteiger partial charge in [-0.1, -0.05) is 37.5 Å². The molecule has 2 aromatic rings. The van der Waals surface area contributed by atoms with Crippen molar-refractivity contribution in [2.45, 2.75) is 38.0 Å². The molecule has 1 aliphatic rings. The molecule has 1 fully saturated rings. The Balaban J connectivity index is 1.86. The summed E-state index contributed by atoms with van der Waals surface area (Å²) in [5, 5.41) is 1.17. The number of pyridine rings is 1. The van der Waals surface area contributed by atoms with E-state index in [0.29, 0.717) is 5.88 Å². The fourth-order valence-electron chi connectivity index (χ4n) is 3.42. The van der Waals surface area contributed by atoms with Gasteiger partial charge in [0.2, 0.25) is 0 Å². The molecule has 21 heavy (non-hydrogen) atoms. The van der Waals surface area contributed by atoms with Crippen LogP contribution in [0.2, 0.25) is 0 Å². The minimum Gasteiger partial charge on any atom is -0.359 e. The van der Waals surface area contributed by atoms with E-state index < -0.39 is 0 Å². The summed E-state index contributed by atoms with van der Waals surface area (Å²) in [6, 6.07) is 10.4. The highest BCUT2D eigenvalue weighted by Crippen LogP contribution is 2.28. The minimum absolute atomic E-state index is 0.516. The zero-order valence-corrected chi connectivity index (χ0v) is 13.4. The highest BCUT2D eigenvalue weighted by Gasteiger charge is 2.18. The van der Waals surface area contributed by atoms with Crippen LogP contribution in [-0.2, 0) is 5.88 Å². The first-order valence-corrected chi connectivity index (χ1v) is 8.47. The molecule has 0 saturated heterocycles. The van der Waals surface area contributed by atoms with E-state index >= 15 is 0 Å². The molecule has 0 aliphatic heterocycles. The summed E-state index contributed by atoms with van der Waals surface area (Å²) in [5.74, 6) is 2.37. The SMILES string of the molecule is CN(CC1CCCCC1)c1nc2ccccc2cc1CCl. The highest BCUT2D eigenvalue weighted by molar-refractivity contribution is 6.17. The molecule has 1 saturated carbocycles. The smallest absolute Gasteiger partial charge is 0.133 e. The van der Waals surface area contributed by atoms with Gasteiger partial charge in [-0.3, -0.25) is 0 Å². The Labute approximate surface area is 132 Å². The minimum atomic E-state index is 0.516. The van der Waals surface area contributed by atoms with E-state index in [4.69, 9.17) is 16.6 Å². The Bertz CT molecular complexity index is 605. The summed E-state index contributed by atoms with van der Waals surface area (Å²) in [6.45, 7) is 1.09. The van der Waals surface area contributed by atoms with E-state index in [1.807, 2.05) is 12.1 Å². The molecule has 2 nitrogen and oxygen atoms in total. The number of hydrogen-bond donors (Lipinski definition) is 0. The molecule has 3 heteroatoms. The number of para-hydroxylation sites is 1. The lowest BCUT2D eigenvalue weighted by Gasteiger charge is -2.29. The van der Waals surface area contributed by atoms with Crippen molar-refractivity contribution in [1.29, 1.82) is 0 Å². The predicted molar refractivity (Wildman–Crippen MR) is 91.1 cm³/mol. The fraction of sp³-hybridized carbons (Fsp3) is 0.500. The van der Waals surface area contributed by atoms with Crippen LogP contribution in [0.25, 0.3) is 10.9 Å². The van der Waals surface area contributed by atoms with Crippen molar-refractivity contribution < 1.29 is 0 Å². The second-order valence-electron chi connectivity index (χ2n) is 6.18. The first-order chi connectivity index (χ1) is 10.3. The standard InChI is InChI=1S/C18H23ClN2/c1-21(13-14-7-3-2-4-8-14)18-16(12-19)11-15-9-5-6-10-17(15)20-18/h5-6,9-11,14H,2-4,7-8,12-13H2,1H3. The zero-order valence-electron chi connectivity index (χ0n) is 12.7. The van der Waals surface area contributed by atoms with Crippen LogP contribution in [0.4, 0.5) is 5.82 Å². The number of benzene rings is 1. The molecule has 0 bridgehead atoms. The van der Waals surface area contributed by atoms with Gasteiger partial charge in [0.05, 0.1) is 11.4 Å². The summed E-state index contributed by atoms with van der Waals surface area (Å²) in [4.78, 5) is 7.16. The summed E-state index contributed by atoms with van der Waals surface area (Å²) in [6.07, 6.45) is 6.88. The number of anilines is 1. The summed E-state index contributed by atoms with van der Waals surface area (Å²) < 4.78 is 0. The Morgan fingerprint density at radius 2 is 1.95 bits per heavy atom. The molecule has 0 N–H and O–H groups in total. The van der Waals surface area contributed by atoms with Crippen LogP contribution < -0.4 is 4.90 Å². The maximum Gasteiger partial charge on any atom is 0.133 e. The monoisotopic (exact) mass is 302 g/mol. The van der Waals surface area contributed by atoms with E-state index in [0.717, 1.165) is 29.4 Å². The number of hydrogen-bond acceptors (Lipinski definition) is 2. The topological polar surface area (TPSA) is 16.1 Å². The third-order valence-electron chi connectivity index (χ3n) is 4.54. The Morgan fingerprint density at radius 3 is 2.71 bits per heavy atom. The van der Waals surface area contributed by atoms with Crippen molar-refractivity contribution in [2.75, 3.05) is 18.5 Å². The van der Waals surface area contributed by atoms with Crippen molar-refractivity contribution >= 4 is 28.3 Å². The molecule has 0 amide bonds. The molecule has 1 heterocycles. The van der Waals surface area contributed by atoms with E-state index in [9.17, 15) is 0 Å². The maximum atomic E-state index is 6.15. The molecule has 0 spiro atoms. The van der Waals surface area contributed by atoms with Gasteiger partial charge in [-0.2, -0.15) is 0 Å². The number of fused-ring (bicyclic) bond motifs is 1. The van der Waals surface area contributed by atoms with Gasteiger partial charge in [-0.05, 0) is 30.9 Å². The summed E-state index contributed by atoms with van der Waals surface area (Å²) in [5.41, 5.74) is 2.19. The van der Waals surface area contributed by atoms with E-state index in [1.165, 1.54) is 37.5 Å². The van der Waals surface area contributed by atoms with Crippen molar-refractivity contribution in [3.8, 4) is 0 Å². The molecule has 0 atom stereocenters. The quantitative estimate of drug-likeness (QED) is 0.740. The molecular weight excluding hydrogens is 280 g/mol. The number of alkyl halides is 1. The molecule has 0 unspecified atom stereocenters. The van der Waals surface area contributed by atoms with Crippen LogP contribution in [0.3, 0.4) is 0 Å². The van der Waals surface area contributed by atoms with Crippen molar-refractivity contribution in [3.05, 3.63) is 35.9 Å². The zero-order chi connectivity index (χ0) is 14.7. The molecule has 3 rings (SSSR count).